The van der Waals surface area contributed by atoms with Gasteiger partial charge in [0.1, 0.15) is 12.1 Å². The van der Waals surface area contributed by atoms with Gasteiger partial charge in [-0.25, -0.2) is 9.48 Å². The molecule has 3 rings (SSSR count). The van der Waals surface area contributed by atoms with Crippen LogP contribution in [0.5, 0.6) is 0 Å². The third kappa shape index (κ3) is 8.70. The first kappa shape index (κ1) is 29.9. The molecule has 11 heteroatoms. The van der Waals surface area contributed by atoms with Crippen LogP contribution >= 0.6 is 34.8 Å². The molecule has 3 aromatic rings. The number of Topliss-reactive ketones (excluding diaryl/α,β-unsaturated/α-hetero) is 1. The van der Waals surface area contributed by atoms with Gasteiger partial charge in [0.2, 0.25) is 0 Å². The topological polar surface area (TPSA) is 95.2 Å². The molecule has 0 spiro atoms. The molecular formula is C27H31Cl3N4O4. The molecule has 0 atom stereocenters. The fraction of sp³-hybridized carbons (Fsp3) is 0.407. The highest BCUT2D eigenvalue weighted by Crippen LogP contribution is 2.26. The van der Waals surface area contributed by atoms with Crippen LogP contribution in [0.25, 0.3) is 11.4 Å². The Hall–Kier alpha value is -2.65. The highest BCUT2D eigenvalue weighted by molar-refractivity contribution is 6.36. The van der Waals surface area contributed by atoms with Crippen molar-refractivity contribution in [1.82, 2.24) is 19.7 Å². The van der Waals surface area contributed by atoms with E-state index in [9.17, 15) is 14.4 Å². The number of halogens is 3. The summed E-state index contributed by atoms with van der Waals surface area (Å²) in [5.74, 6) is -0.117. The van der Waals surface area contributed by atoms with E-state index in [1.165, 1.54) is 9.25 Å². The molecule has 1 aromatic heterocycles. The van der Waals surface area contributed by atoms with Crippen LogP contribution in [0.3, 0.4) is 0 Å². The smallest absolute Gasteiger partial charge is 0.346 e. The molecule has 8 nitrogen and oxygen atoms in total. The zero-order valence-corrected chi connectivity index (χ0v) is 23.9. The maximum atomic E-state index is 13.2. The van der Waals surface area contributed by atoms with E-state index in [4.69, 9.17) is 39.5 Å². The van der Waals surface area contributed by atoms with Crippen LogP contribution in [-0.4, -0.2) is 44.8 Å². The molecule has 0 unspecified atom stereocenters. The maximum Gasteiger partial charge on any atom is 0.346 e. The lowest BCUT2D eigenvalue weighted by molar-refractivity contribution is -0.153. The van der Waals surface area contributed by atoms with Gasteiger partial charge in [0.05, 0.1) is 6.54 Å². The predicted molar refractivity (Wildman–Crippen MR) is 150 cm³/mol. The molecule has 204 valence electrons. The lowest BCUT2D eigenvalue weighted by Crippen LogP contribution is -2.35. The van der Waals surface area contributed by atoms with Crippen molar-refractivity contribution >= 4 is 46.6 Å². The van der Waals surface area contributed by atoms with E-state index in [2.05, 4.69) is 10.4 Å². The normalized spacial score (nSPS) is 11.5. The van der Waals surface area contributed by atoms with Crippen molar-refractivity contribution in [3.63, 3.8) is 0 Å². The minimum Gasteiger partial charge on any atom is -0.459 e. The summed E-state index contributed by atoms with van der Waals surface area (Å²) in [6.07, 6.45) is 1.33. The predicted octanol–water partition coefficient (Wildman–Crippen LogP) is 5.20. The molecule has 0 saturated carbocycles. The summed E-state index contributed by atoms with van der Waals surface area (Å²) < 4.78 is 7.93. The fourth-order valence-corrected chi connectivity index (χ4v) is 4.51. The van der Waals surface area contributed by atoms with Crippen LogP contribution in [-0.2, 0) is 33.8 Å². The Morgan fingerprint density at radius 2 is 1.68 bits per heavy atom. The van der Waals surface area contributed by atoms with Crippen LogP contribution < -0.4 is 11.0 Å². The maximum absolute atomic E-state index is 13.2. The summed E-state index contributed by atoms with van der Waals surface area (Å²) in [5.41, 5.74) is 0.480. The third-order valence-electron chi connectivity index (χ3n) is 5.50. The zero-order chi connectivity index (χ0) is 27.9. The second-order valence-corrected chi connectivity index (χ2v) is 11.0. The van der Waals surface area contributed by atoms with E-state index in [1.54, 1.807) is 63.2 Å². The standard InChI is InChI=1S/C27H31Cl3N4O4/c1-27(2,3)38-24(36)16-31-14-15-33-25(18-10-12-19(28)13-11-18)32-34(26(33)37)17-20(35)6-4-7-21-22(29)8-5-9-23(21)30/h5,8-13,31H,4,6-7,14-17H2,1-3H3. The van der Waals surface area contributed by atoms with Gasteiger partial charge in [-0.05, 0) is 75.6 Å². The van der Waals surface area contributed by atoms with Crippen molar-refractivity contribution in [1.29, 1.82) is 0 Å². The molecule has 0 saturated heterocycles. The van der Waals surface area contributed by atoms with Crippen molar-refractivity contribution in [3.05, 3.63) is 73.6 Å². The number of ether oxygens (including phenoxy) is 1. The fourth-order valence-electron chi connectivity index (χ4n) is 3.80. The summed E-state index contributed by atoms with van der Waals surface area (Å²) in [4.78, 5) is 37.9. The Morgan fingerprint density at radius 1 is 1.03 bits per heavy atom. The first-order chi connectivity index (χ1) is 17.9. The molecule has 0 fully saturated rings. The van der Waals surface area contributed by atoms with E-state index in [1.807, 2.05) is 0 Å². The van der Waals surface area contributed by atoms with Crippen molar-refractivity contribution in [2.45, 2.75) is 58.7 Å². The molecule has 1 heterocycles. The molecular weight excluding hydrogens is 551 g/mol. The highest BCUT2D eigenvalue weighted by atomic mass is 35.5. The SMILES string of the molecule is CC(C)(C)OC(=O)CNCCn1c(-c2ccc(Cl)cc2)nn(CC(=O)CCCc2c(Cl)cccc2Cl)c1=O. The monoisotopic (exact) mass is 580 g/mol. The van der Waals surface area contributed by atoms with Gasteiger partial charge in [0.15, 0.2) is 11.6 Å². The second-order valence-electron chi connectivity index (χ2n) is 9.78. The average molecular weight is 582 g/mol. The summed E-state index contributed by atoms with van der Waals surface area (Å²) in [6, 6.07) is 12.2. The lowest BCUT2D eigenvalue weighted by atomic mass is 10.1. The van der Waals surface area contributed by atoms with Crippen LogP contribution in [0, 0.1) is 0 Å². The van der Waals surface area contributed by atoms with E-state index in [0.29, 0.717) is 45.8 Å². The van der Waals surface area contributed by atoms with E-state index < -0.39 is 11.3 Å². The van der Waals surface area contributed by atoms with E-state index >= 15 is 0 Å². The van der Waals surface area contributed by atoms with Crippen molar-refractivity contribution in [2.75, 3.05) is 13.1 Å². The van der Waals surface area contributed by atoms with Crippen molar-refractivity contribution < 1.29 is 14.3 Å². The lowest BCUT2D eigenvalue weighted by Gasteiger charge is -2.19. The summed E-state index contributed by atoms with van der Waals surface area (Å²) in [7, 11) is 0. The number of aromatic nitrogens is 3. The van der Waals surface area contributed by atoms with Crippen LogP contribution in [0.15, 0.2) is 47.3 Å². The van der Waals surface area contributed by atoms with Crippen molar-refractivity contribution in [2.24, 2.45) is 0 Å². The minimum absolute atomic E-state index is 0.00433. The minimum atomic E-state index is -0.579. The molecule has 0 radical (unpaired) electrons. The number of esters is 1. The Labute approximate surface area is 236 Å². The number of carbonyl (C=O) groups excluding carboxylic acids is 2. The number of nitrogens with one attached hydrogen (secondary N) is 1. The zero-order valence-electron chi connectivity index (χ0n) is 21.6. The van der Waals surface area contributed by atoms with E-state index in [-0.39, 0.29) is 37.8 Å². The highest BCUT2D eigenvalue weighted by Gasteiger charge is 2.19. The average Bonchev–Trinajstić information content (AvgIpc) is 3.13. The number of rotatable bonds is 12. The van der Waals surface area contributed by atoms with Gasteiger partial charge in [-0.15, -0.1) is 5.10 Å². The van der Waals surface area contributed by atoms with Gasteiger partial charge >= 0.3 is 11.7 Å². The Morgan fingerprint density at radius 3 is 2.32 bits per heavy atom. The number of nitrogens with zero attached hydrogens (tertiary/aromatic N) is 3. The summed E-state index contributed by atoms with van der Waals surface area (Å²) >= 11 is 18.5. The van der Waals surface area contributed by atoms with Gasteiger partial charge in [0.25, 0.3) is 0 Å². The third-order valence-corrected chi connectivity index (χ3v) is 6.46. The number of ketones is 1. The number of benzene rings is 2. The molecule has 0 aliphatic heterocycles. The molecule has 0 bridgehead atoms. The molecule has 0 aliphatic rings. The first-order valence-corrected chi connectivity index (χ1v) is 13.4. The largest absolute Gasteiger partial charge is 0.459 e. The van der Waals surface area contributed by atoms with Crippen LogP contribution in [0.1, 0.15) is 39.2 Å². The Kier molecular flexibility index (Phi) is 10.6. The van der Waals surface area contributed by atoms with Crippen molar-refractivity contribution in [3.8, 4) is 11.4 Å². The number of carbonyl (C=O) groups is 2. The van der Waals surface area contributed by atoms with Gasteiger partial charge in [0, 0.05) is 40.1 Å². The molecule has 0 aliphatic carbocycles. The number of hydrogen-bond acceptors (Lipinski definition) is 6. The molecule has 0 amide bonds. The van der Waals surface area contributed by atoms with E-state index in [0.717, 1.165) is 5.56 Å². The molecule has 1 N–H and O–H groups in total. The Bertz CT molecular complexity index is 1310. The van der Waals surface area contributed by atoms with Gasteiger partial charge in [-0.1, -0.05) is 40.9 Å². The molecule has 2 aromatic carbocycles. The summed E-state index contributed by atoms with van der Waals surface area (Å²) in [5, 5.41) is 9.12. The molecule has 38 heavy (non-hydrogen) atoms. The van der Waals surface area contributed by atoms with Gasteiger partial charge < -0.3 is 10.1 Å². The van der Waals surface area contributed by atoms with Crippen LogP contribution in [0.4, 0.5) is 0 Å². The van der Waals surface area contributed by atoms with Gasteiger partial charge in [-0.2, -0.15) is 0 Å². The summed E-state index contributed by atoms with van der Waals surface area (Å²) in [6.45, 7) is 5.79. The number of hydrogen-bond donors (Lipinski definition) is 1. The van der Waals surface area contributed by atoms with Crippen LogP contribution in [0.2, 0.25) is 15.1 Å². The first-order valence-electron chi connectivity index (χ1n) is 12.3. The quantitative estimate of drug-likeness (QED) is 0.234. The van der Waals surface area contributed by atoms with Gasteiger partial charge in [-0.3, -0.25) is 14.2 Å². The Balaban J connectivity index is 1.68. The second kappa shape index (κ2) is 13.4.